The fourth-order valence-electron chi connectivity index (χ4n) is 6.92. The standard InChI is InChI=1S/C28H30N2O3/c31-26-13-12-21-22(26)8-4-9-23(21)28(33)29-16-19-15-20(17-29)25(14-18-6-2-1-3-7-18)30-24(19)10-5-11-27(30)32/h1-4,6-9,19-20,24-25H,5,10-17H2/t19-,20+,24+,25+/m1/s1. The Kier molecular flexibility index (Phi) is 5.08. The van der Waals surface area contributed by atoms with Crippen LogP contribution in [0.5, 0.6) is 0 Å². The zero-order valence-electron chi connectivity index (χ0n) is 18.9. The van der Waals surface area contributed by atoms with E-state index in [0.29, 0.717) is 49.7 Å². The van der Waals surface area contributed by atoms with Crippen LogP contribution in [0.2, 0.25) is 0 Å². The van der Waals surface area contributed by atoms with E-state index >= 15 is 0 Å². The Balaban J connectivity index is 1.31. The number of piperidine rings is 3. The van der Waals surface area contributed by atoms with Gasteiger partial charge < -0.3 is 9.80 Å². The van der Waals surface area contributed by atoms with Crippen molar-refractivity contribution in [1.29, 1.82) is 0 Å². The summed E-state index contributed by atoms with van der Waals surface area (Å²) in [5.41, 5.74) is 3.61. The van der Waals surface area contributed by atoms with E-state index in [1.54, 1.807) is 0 Å². The molecule has 0 radical (unpaired) electrons. The molecule has 0 N–H and O–H groups in total. The van der Waals surface area contributed by atoms with Crippen LogP contribution < -0.4 is 0 Å². The minimum absolute atomic E-state index is 0.0605. The summed E-state index contributed by atoms with van der Waals surface area (Å²) in [5.74, 6) is 1.12. The summed E-state index contributed by atoms with van der Waals surface area (Å²) < 4.78 is 0. The number of ketones is 1. The zero-order valence-corrected chi connectivity index (χ0v) is 18.9. The summed E-state index contributed by atoms with van der Waals surface area (Å²) in [6.07, 6.45) is 5.72. The molecule has 4 atom stereocenters. The number of hydrogen-bond acceptors (Lipinski definition) is 3. The lowest BCUT2D eigenvalue weighted by atomic mass is 9.70. The Labute approximate surface area is 194 Å². The summed E-state index contributed by atoms with van der Waals surface area (Å²) >= 11 is 0. The first kappa shape index (κ1) is 20.6. The maximum atomic E-state index is 13.7. The average molecular weight is 443 g/mol. The van der Waals surface area contributed by atoms with Gasteiger partial charge in [-0.15, -0.1) is 0 Å². The van der Waals surface area contributed by atoms with Crippen LogP contribution in [-0.4, -0.2) is 52.6 Å². The number of hydrogen-bond donors (Lipinski definition) is 0. The van der Waals surface area contributed by atoms with Crippen molar-refractivity contribution < 1.29 is 14.4 Å². The number of fused-ring (bicyclic) bond motifs is 5. The molecule has 4 aliphatic rings. The van der Waals surface area contributed by atoms with Crippen molar-refractivity contribution in [3.63, 3.8) is 0 Å². The Hall–Kier alpha value is -2.95. The van der Waals surface area contributed by atoms with Crippen molar-refractivity contribution in [3.05, 3.63) is 70.8 Å². The molecule has 3 aliphatic heterocycles. The van der Waals surface area contributed by atoms with Gasteiger partial charge in [0.05, 0.1) is 0 Å². The van der Waals surface area contributed by atoms with Crippen molar-refractivity contribution in [2.45, 2.75) is 57.0 Å². The molecule has 1 aliphatic carbocycles. The van der Waals surface area contributed by atoms with E-state index in [-0.39, 0.29) is 29.7 Å². The van der Waals surface area contributed by atoms with Gasteiger partial charge in [0.25, 0.3) is 5.91 Å². The number of nitrogens with zero attached hydrogens (tertiary/aromatic N) is 2. The van der Waals surface area contributed by atoms with Crippen molar-refractivity contribution in [2.24, 2.45) is 11.8 Å². The van der Waals surface area contributed by atoms with Gasteiger partial charge in [-0.3, -0.25) is 14.4 Å². The van der Waals surface area contributed by atoms with Gasteiger partial charge in [-0.2, -0.15) is 0 Å². The largest absolute Gasteiger partial charge is 0.338 e. The predicted octanol–water partition coefficient (Wildman–Crippen LogP) is 3.90. The van der Waals surface area contributed by atoms with Gasteiger partial charge in [0.1, 0.15) is 0 Å². The highest BCUT2D eigenvalue weighted by Gasteiger charge is 2.50. The number of Topliss-reactive ketones (excluding diaryl/α,β-unsaturated/α-hetero) is 1. The Bertz CT molecular complexity index is 1110. The van der Waals surface area contributed by atoms with Gasteiger partial charge in [0.2, 0.25) is 5.91 Å². The minimum Gasteiger partial charge on any atom is -0.338 e. The normalized spacial score (nSPS) is 28.5. The van der Waals surface area contributed by atoms with Gasteiger partial charge in [-0.25, -0.2) is 0 Å². The van der Waals surface area contributed by atoms with Gasteiger partial charge in [-0.05, 0) is 61.1 Å². The fraction of sp³-hybridized carbons (Fsp3) is 0.464. The number of likely N-dealkylation sites (tertiary alicyclic amines) is 1. The molecule has 0 aromatic heterocycles. The molecule has 170 valence electrons. The first-order valence-electron chi connectivity index (χ1n) is 12.4. The number of carbonyl (C=O) groups excluding carboxylic acids is 3. The third kappa shape index (κ3) is 3.49. The Morgan fingerprint density at radius 2 is 1.73 bits per heavy atom. The molecule has 0 spiro atoms. The van der Waals surface area contributed by atoms with Crippen molar-refractivity contribution in [1.82, 2.24) is 9.80 Å². The van der Waals surface area contributed by atoms with Crippen molar-refractivity contribution >= 4 is 17.6 Å². The summed E-state index contributed by atoms with van der Waals surface area (Å²) in [6, 6.07) is 16.4. The van der Waals surface area contributed by atoms with Crippen LogP contribution in [0.15, 0.2) is 48.5 Å². The second kappa shape index (κ2) is 8.12. The van der Waals surface area contributed by atoms with Crippen molar-refractivity contribution in [2.75, 3.05) is 13.1 Å². The molecule has 2 aromatic rings. The molecule has 0 saturated carbocycles. The van der Waals surface area contributed by atoms with Crippen LogP contribution in [0, 0.1) is 11.8 Å². The van der Waals surface area contributed by atoms with E-state index in [0.717, 1.165) is 36.8 Å². The third-order valence-electron chi connectivity index (χ3n) is 8.38. The number of carbonyl (C=O) groups is 3. The first-order chi connectivity index (χ1) is 16.1. The Morgan fingerprint density at radius 1 is 0.909 bits per heavy atom. The molecule has 5 nitrogen and oxygen atoms in total. The van der Waals surface area contributed by atoms with Crippen LogP contribution >= 0.6 is 0 Å². The lowest BCUT2D eigenvalue weighted by Crippen LogP contribution is -2.66. The monoisotopic (exact) mass is 442 g/mol. The van der Waals surface area contributed by atoms with Crippen LogP contribution in [0.3, 0.4) is 0 Å². The quantitative estimate of drug-likeness (QED) is 0.725. The molecular formula is C28H30N2O3. The zero-order chi connectivity index (χ0) is 22.5. The van der Waals surface area contributed by atoms with Crippen LogP contribution in [0.25, 0.3) is 0 Å². The molecule has 3 heterocycles. The summed E-state index contributed by atoms with van der Waals surface area (Å²) in [4.78, 5) is 43.3. The lowest BCUT2D eigenvalue weighted by Gasteiger charge is -2.56. The van der Waals surface area contributed by atoms with Gasteiger partial charge in [-0.1, -0.05) is 42.5 Å². The lowest BCUT2D eigenvalue weighted by molar-refractivity contribution is -0.151. The van der Waals surface area contributed by atoms with Crippen LogP contribution in [0.4, 0.5) is 0 Å². The molecule has 3 fully saturated rings. The molecule has 5 heteroatoms. The van der Waals surface area contributed by atoms with E-state index in [2.05, 4.69) is 29.2 Å². The van der Waals surface area contributed by atoms with E-state index in [4.69, 9.17) is 0 Å². The number of rotatable bonds is 3. The molecule has 2 bridgehead atoms. The topological polar surface area (TPSA) is 57.7 Å². The second-order valence-corrected chi connectivity index (χ2v) is 10.2. The van der Waals surface area contributed by atoms with E-state index in [1.807, 2.05) is 29.2 Å². The number of amides is 2. The molecule has 3 saturated heterocycles. The summed E-state index contributed by atoms with van der Waals surface area (Å²) in [6.45, 7) is 1.39. The van der Waals surface area contributed by atoms with Crippen LogP contribution in [0.1, 0.15) is 63.9 Å². The van der Waals surface area contributed by atoms with Crippen molar-refractivity contribution in [3.8, 4) is 0 Å². The van der Waals surface area contributed by atoms with E-state index in [9.17, 15) is 14.4 Å². The van der Waals surface area contributed by atoms with Crippen LogP contribution in [-0.2, 0) is 17.6 Å². The van der Waals surface area contributed by atoms with Gasteiger partial charge in [0.15, 0.2) is 5.78 Å². The molecule has 33 heavy (non-hydrogen) atoms. The summed E-state index contributed by atoms with van der Waals surface area (Å²) in [5, 5.41) is 0. The van der Waals surface area contributed by atoms with E-state index < -0.39 is 0 Å². The fourth-order valence-corrected chi connectivity index (χ4v) is 6.92. The molecule has 0 unspecified atom stereocenters. The molecule has 2 amide bonds. The maximum Gasteiger partial charge on any atom is 0.254 e. The molecule has 6 rings (SSSR count). The Morgan fingerprint density at radius 3 is 2.58 bits per heavy atom. The highest BCUT2D eigenvalue weighted by atomic mass is 16.2. The smallest absolute Gasteiger partial charge is 0.254 e. The number of benzene rings is 2. The highest BCUT2D eigenvalue weighted by Crippen LogP contribution is 2.43. The minimum atomic E-state index is 0.0605. The first-order valence-corrected chi connectivity index (χ1v) is 12.4. The maximum absolute atomic E-state index is 13.7. The van der Waals surface area contributed by atoms with Gasteiger partial charge in [0, 0.05) is 49.1 Å². The highest BCUT2D eigenvalue weighted by molar-refractivity contribution is 6.05. The van der Waals surface area contributed by atoms with E-state index in [1.165, 1.54) is 5.56 Å². The van der Waals surface area contributed by atoms with Gasteiger partial charge >= 0.3 is 0 Å². The third-order valence-corrected chi connectivity index (χ3v) is 8.38. The molecule has 2 aromatic carbocycles. The summed E-state index contributed by atoms with van der Waals surface area (Å²) in [7, 11) is 0. The molecular weight excluding hydrogens is 412 g/mol. The second-order valence-electron chi connectivity index (χ2n) is 10.2. The predicted molar refractivity (Wildman–Crippen MR) is 125 cm³/mol. The SMILES string of the molecule is O=C1CCc2c1cccc2C(=O)N1C[C@H]2C[C@@H](C1)[C@H](Cc1ccccc1)N1C(=O)CCC[C@@H]21. The average Bonchev–Trinajstić information content (AvgIpc) is 3.23.